The number of carbonyl (C=O) groups excluding carboxylic acids is 1. The Labute approximate surface area is 226 Å². The second-order valence-corrected chi connectivity index (χ2v) is 13.9. The van der Waals surface area contributed by atoms with E-state index in [1.165, 1.54) is 0 Å². The van der Waals surface area contributed by atoms with Crippen LogP contribution in [0.4, 0.5) is 0 Å². The van der Waals surface area contributed by atoms with Crippen LogP contribution in [-0.2, 0) is 3.02 Å². The molecule has 0 saturated heterocycles. The standard InChI is InChI=1S/2C13H8N.C6H5NO2.Sb/c2*1-2-6-12-10(4-1)7-8-11-5-3-9-14-13(11)12;8-6(9)5-3-1-2-4-7-5;/h2*1-5,7-9H;1-4H,(H,8,9);/q;;;+1/p-1. The van der Waals surface area contributed by atoms with Gasteiger partial charge in [0, 0.05) is 0 Å². The van der Waals surface area contributed by atoms with Crippen molar-refractivity contribution < 1.29 is 7.81 Å². The zero-order chi connectivity index (χ0) is 25.5. The Kier molecular flexibility index (Phi) is 5.71. The number of rotatable bonds is 4. The number of hydrogen-bond donors (Lipinski definition) is 0. The van der Waals surface area contributed by atoms with E-state index < -0.39 is 26.6 Å². The van der Waals surface area contributed by atoms with Gasteiger partial charge in [-0.25, -0.2) is 0 Å². The molecule has 0 amide bonds. The fourth-order valence-corrected chi connectivity index (χ4v) is 10.8. The van der Waals surface area contributed by atoms with E-state index in [-0.39, 0.29) is 0 Å². The van der Waals surface area contributed by atoms with Crippen molar-refractivity contribution in [1.29, 1.82) is 0 Å². The Morgan fingerprint density at radius 3 is 1.61 bits per heavy atom. The van der Waals surface area contributed by atoms with Gasteiger partial charge < -0.3 is 0 Å². The van der Waals surface area contributed by atoms with Gasteiger partial charge in [-0.3, -0.25) is 0 Å². The van der Waals surface area contributed by atoms with Gasteiger partial charge in [0.2, 0.25) is 0 Å². The van der Waals surface area contributed by atoms with Crippen molar-refractivity contribution in [3.05, 3.63) is 127 Å². The number of carbonyl (C=O) groups is 1. The molecule has 5 nitrogen and oxygen atoms in total. The Balaban J connectivity index is 1.55. The molecule has 0 saturated carbocycles. The summed E-state index contributed by atoms with van der Waals surface area (Å²) in [6.07, 6.45) is 5.24. The van der Waals surface area contributed by atoms with Gasteiger partial charge in [0.25, 0.3) is 0 Å². The normalized spacial score (nSPS) is 11.5. The molecule has 0 radical (unpaired) electrons. The number of nitrogens with zero attached hydrogens (tertiary/aromatic N) is 3. The van der Waals surface area contributed by atoms with Gasteiger partial charge in [-0.05, 0) is 0 Å². The van der Waals surface area contributed by atoms with Crippen LogP contribution in [0.5, 0.6) is 0 Å². The first-order chi connectivity index (χ1) is 18.8. The van der Waals surface area contributed by atoms with Gasteiger partial charge >= 0.3 is 227 Å². The van der Waals surface area contributed by atoms with Gasteiger partial charge in [-0.15, -0.1) is 0 Å². The zero-order valence-electron chi connectivity index (χ0n) is 20.2. The maximum atomic E-state index is 13.5. The van der Waals surface area contributed by atoms with Gasteiger partial charge in [0.15, 0.2) is 0 Å². The van der Waals surface area contributed by atoms with Crippen molar-refractivity contribution in [3.8, 4) is 0 Å². The Bertz CT molecular complexity index is 1870. The van der Waals surface area contributed by atoms with Gasteiger partial charge in [-0.1, -0.05) is 0 Å². The predicted octanol–water partition coefficient (Wildman–Crippen LogP) is 5.45. The summed E-state index contributed by atoms with van der Waals surface area (Å²) in [5, 5.41) is 6.31. The molecule has 3 aromatic heterocycles. The zero-order valence-corrected chi connectivity index (χ0v) is 22.7. The van der Waals surface area contributed by atoms with E-state index >= 15 is 0 Å². The molecule has 7 aromatic rings. The molecule has 0 N–H and O–H groups in total. The molecule has 7 rings (SSSR count). The fourth-order valence-electron chi connectivity index (χ4n) is 4.97. The van der Waals surface area contributed by atoms with Crippen molar-refractivity contribution in [2.24, 2.45) is 0 Å². The topological polar surface area (TPSA) is 65.0 Å². The Morgan fingerprint density at radius 2 is 1.05 bits per heavy atom. The van der Waals surface area contributed by atoms with Crippen molar-refractivity contribution in [2.75, 3.05) is 0 Å². The molecule has 6 heteroatoms. The number of pyridine rings is 3. The van der Waals surface area contributed by atoms with Crippen molar-refractivity contribution >= 4 is 77.0 Å². The van der Waals surface area contributed by atoms with E-state index in [4.69, 9.17) is 13.0 Å². The minimum absolute atomic E-state index is 0.299. The van der Waals surface area contributed by atoms with Crippen LogP contribution in [-0.4, -0.2) is 41.6 Å². The van der Waals surface area contributed by atoms with E-state index in [2.05, 4.69) is 65.6 Å². The molecule has 4 aromatic carbocycles. The first kappa shape index (κ1) is 22.8. The molecule has 0 aliphatic rings. The molecule has 0 aliphatic carbocycles. The molecule has 0 aliphatic heterocycles. The number of aromatic nitrogens is 3. The van der Waals surface area contributed by atoms with E-state index in [0.29, 0.717) is 5.69 Å². The second-order valence-electron chi connectivity index (χ2n) is 8.92. The average molecular weight is 600 g/mol. The number of fused-ring (bicyclic) bond motifs is 6. The first-order valence-electron chi connectivity index (χ1n) is 12.2. The minimum atomic E-state index is -3.28. The molecular weight excluding hydrogens is 580 g/mol. The van der Waals surface area contributed by atoms with Crippen LogP contribution in [0.1, 0.15) is 10.5 Å². The molecule has 180 valence electrons. The Morgan fingerprint density at radius 1 is 0.526 bits per heavy atom. The van der Waals surface area contributed by atoms with E-state index in [0.717, 1.165) is 50.4 Å². The molecule has 0 bridgehead atoms. The monoisotopic (exact) mass is 599 g/mol. The molecular formula is C32H20N3O2Sb. The predicted molar refractivity (Wildman–Crippen MR) is 153 cm³/mol. The summed E-state index contributed by atoms with van der Waals surface area (Å²) in [6, 6.07) is 34.2. The molecule has 0 fully saturated rings. The summed E-state index contributed by atoms with van der Waals surface area (Å²) in [6.45, 7) is 0. The van der Waals surface area contributed by atoms with E-state index in [9.17, 15) is 4.79 Å². The molecule has 38 heavy (non-hydrogen) atoms. The van der Waals surface area contributed by atoms with E-state index in [1.54, 1.807) is 24.4 Å². The number of benzene rings is 4. The quantitative estimate of drug-likeness (QED) is 0.199. The molecule has 0 spiro atoms. The number of hydrogen-bond acceptors (Lipinski definition) is 5. The van der Waals surface area contributed by atoms with Gasteiger partial charge in [0.05, 0.1) is 0 Å². The van der Waals surface area contributed by atoms with Crippen LogP contribution in [0.15, 0.2) is 122 Å². The third-order valence-corrected chi connectivity index (χ3v) is 12.3. The summed E-state index contributed by atoms with van der Waals surface area (Å²) in [5.41, 5.74) is 2.12. The summed E-state index contributed by atoms with van der Waals surface area (Å²) >= 11 is -3.28. The molecule has 0 atom stereocenters. The van der Waals surface area contributed by atoms with Crippen LogP contribution in [0.2, 0.25) is 0 Å². The molecule has 0 unspecified atom stereocenters. The third-order valence-electron chi connectivity index (χ3n) is 6.67. The van der Waals surface area contributed by atoms with Gasteiger partial charge in [0.1, 0.15) is 0 Å². The third kappa shape index (κ3) is 3.87. The molecule has 3 heterocycles. The van der Waals surface area contributed by atoms with Crippen LogP contribution < -0.4 is 7.02 Å². The van der Waals surface area contributed by atoms with Crippen molar-refractivity contribution in [1.82, 2.24) is 15.0 Å². The first-order valence-corrected chi connectivity index (χ1v) is 15.8. The summed E-state index contributed by atoms with van der Waals surface area (Å²) in [7, 11) is 0. The van der Waals surface area contributed by atoms with Crippen LogP contribution >= 0.6 is 0 Å². The van der Waals surface area contributed by atoms with E-state index in [1.807, 2.05) is 36.7 Å². The average Bonchev–Trinajstić information content (AvgIpc) is 2.99. The fraction of sp³-hybridized carbons (Fsp3) is 0. The summed E-state index contributed by atoms with van der Waals surface area (Å²) in [5.74, 6) is -0.413. The van der Waals surface area contributed by atoms with Crippen LogP contribution in [0, 0.1) is 0 Å². The van der Waals surface area contributed by atoms with Crippen molar-refractivity contribution in [3.63, 3.8) is 0 Å². The summed E-state index contributed by atoms with van der Waals surface area (Å²) < 4.78 is 8.63. The Hall–Kier alpha value is -4.34. The van der Waals surface area contributed by atoms with Crippen LogP contribution in [0.25, 0.3) is 43.4 Å². The maximum absolute atomic E-state index is 13.5. The van der Waals surface area contributed by atoms with Gasteiger partial charge in [-0.2, -0.15) is 0 Å². The van der Waals surface area contributed by atoms with Crippen LogP contribution in [0.3, 0.4) is 0 Å². The van der Waals surface area contributed by atoms with Crippen molar-refractivity contribution in [2.45, 2.75) is 0 Å². The summed E-state index contributed by atoms with van der Waals surface area (Å²) in [4.78, 5) is 27.3. The second kappa shape index (κ2) is 9.51. The SMILES string of the molecule is O=C([O][Sb]([c]1cccc2ccc3cccnc3c12)[c]1cccc2ccc3cccnc3c12)c1ccccn1.